The fraction of sp³-hybridized carbons (Fsp3) is 0.143. The van der Waals surface area contributed by atoms with Gasteiger partial charge in [0, 0.05) is 0 Å². The maximum Gasteiger partial charge on any atom is 0.0555 e. The first-order chi connectivity index (χ1) is 3.35. The summed E-state index contributed by atoms with van der Waals surface area (Å²) in [6.07, 6.45) is 8.35. The van der Waals surface area contributed by atoms with Gasteiger partial charge in [-0.15, -0.1) is 19.6 Å². The van der Waals surface area contributed by atoms with Gasteiger partial charge in [-0.25, -0.2) is 0 Å². The summed E-state index contributed by atoms with van der Waals surface area (Å²) in [5.74, 6) is 2.51. The van der Waals surface area contributed by atoms with Crippen molar-refractivity contribution in [2.45, 2.75) is 0 Å². The number of rotatable bonds is 2. The smallest absolute Gasteiger partial charge is 0.0555 e. The van der Waals surface area contributed by atoms with Crippen LogP contribution in [0.15, 0.2) is 25.3 Å². The molecule has 0 saturated carbocycles. The van der Waals surface area contributed by atoms with Crippen molar-refractivity contribution >= 4 is 0 Å². The zero-order chi connectivity index (χ0) is 5.70. The second-order valence-corrected chi connectivity index (χ2v) is 1.16. The van der Waals surface area contributed by atoms with Crippen LogP contribution >= 0.6 is 0 Å². The summed E-state index contributed by atoms with van der Waals surface area (Å²) in [6.45, 7) is 6.98. The lowest BCUT2D eigenvalue weighted by atomic mass is 10.2. The van der Waals surface area contributed by atoms with Crippen molar-refractivity contribution in [2.75, 3.05) is 0 Å². The zero-order valence-electron chi connectivity index (χ0n) is 4.22. The van der Waals surface area contributed by atoms with Gasteiger partial charge in [-0.2, -0.15) is 0 Å². The summed E-state index contributed by atoms with van der Waals surface area (Å²) in [5.41, 5.74) is 0. The summed E-state index contributed by atoms with van der Waals surface area (Å²) in [5, 5.41) is 0. The Morgan fingerprint density at radius 1 is 1.43 bits per heavy atom. The number of hydrogen-bond donors (Lipinski definition) is 0. The highest BCUT2D eigenvalue weighted by molar-refractivity contribution is 5.10. The molecule has 0 amide bonds. The van der Waals surface area contributed by atoms with Crippen LogP contribution in [0.1, 0.15) is 0 Å². The van der Waals surface area contributed by atoms with Gasteiger partial charge in [-0.05, 0) is 0 Å². The Balaban J connectivity index is 3.65. The molecule has 0 saturated heterocycles. The summed E-state index contributed by atoms with van der Waals surface area (Å²) < 4.78 is 0. The number of allylic oxidation sites excluding steroid dienone is 2. The average Bonchev–Trinajstić information content (AvgIpc) is 1.72. The molecule has 0 unspecified atom stereocenters. The molecule has 0 aromatic rings. The first kappa shape index (κ1) is 6.04. The molecular formula is C7H8. The molecule has 0 heterocycles. The molecule has 0 aromatic carbocycles. The highest BCUT2D eigenvalue weighted by Crippen LogP contribution is 1.92. The van der Waals surface area contributed by atoms with Gasteiger partial charge in [-0.3, -0.25) is 0 Å². The van der Waals surface area contributed by atoms with Crippen molar-refractivity contribution in [3.63, 3.8) is 0 Å². The standard InChI is InChI=1S/C7H8/c1-4-7(5-2)6-3/h1,5-7H,2-3H2. The molecule has 0 radical (unpaired) electrons. The van der Waals surface area contributed by atoms with Gasteiger partial charge in [0.1, 0.15) is 0 Å². The molecule has 0 aliphatic rings. The van der Waals surface area contributed by atoms with E-state index in [1.54, 1.807) is 12.2 Å². The van der Waals surface area contributed by atoms with E-state index >= 15 is 0 Å². The summed E-state index contributed by atoms with van der Waals surface area (Å²) in [7, 11) is 0. The van der Waals surface area contributed by atoms with E-state index in [0.717, 1.165) is 0 Å². The summed E-state index contributed by atoms with van der Waals surface area (Å²) in [6, 6.07) is 0. The van der Waals surface area contributed by atoms with E-state index in [4.69, 9.17) is 6.42 Å². The lowest BCUT2D eigenvalue weighted by Crippen LogP contribution is -1.80. The molecule has 0 fully saturated rings. The van der Waals surface area contributed by atoms with Crippen LogP contribution < -0.4 is 0 Å². The van der Waals surface area contributed by atoms with Gasteiger partial charge < -0.3 is 0 Å². The molecule has 0 aromatic heterocycles. The molecule has 0 nitrogen and oxygen atoms in total. The van der Waals surface area contributed by atoms with Crippen LogP contribution in [0.2, 0.25) is 0 Å². The number of terminal acetylenes is 1. The monoisotopic (exact) mass is 92.1 g/mol. The highest BCUT2D eigenvalue weighted by Gasteiger charge is 1.84. The molecule has 0 spiro atoms. The van der Waals surface area contributed by atoms with Crippen molar-refractivity contribution in [1.29, 1.82) is 0 Å². The van der Waals surface area contributed by atoms with Crippen LogP contribution in [-0.4, -0.2) is 0 Å². The van der Waals surface area contributed by atoms with E-state index in [-0.39, 0.29) is 5.92 Å². The minimum atomic E-state index is 0.0417. The third-order valence-electron chi connectivity index (χ3n) is 0.700. The van der Waals surface area contributed by atoms with E-state index in [0.29, 0.717) is 0 Å². The van der Waals surface area contributed by atoms with E-state index in [1.165, 1.54) is 0 Å². The maximum absolute atomic E-state index is 5.00. The normalized spacial score (nSPS) is 7.43. The molecule has 0 heteroatoms. The van der Waals surface area contributed by atoms with Crippen LogP contribution in [0.25, 0.3) is 0 Å². The van der Waals surface area contributed by atoms with Gasteiger partial charge in [0.05, 0.1) is 5.92 Å². The van der Waals surface area contributed by atoms with Crippen LogP contribution in [0.4, 0.5) is 0 Å². The average molecular weight is 92.1 g/mol. The second-order valence-electron chi connectivity index (χ2n) is 1.16. The van der Waals surface area contributed by atoms with Crippen LogP contribution in [-0.2, 0) is 0 Å². The van der Waals surface area contributed by atoms with Crippen molar-refractivity contribution in [1.82, 2.24) is 0 Å². The molecule has 0 rings (SSSR count). The van der Waals surface area contributed by atoms with Gasteiger partial charge in [0.15, 0.2) is 0 Å². The van der Waals surface area contributed by atoms with E-state index in [1.807, 2.05) is 0 Å². The Hall–Kier alpha value is -0.960. The summed E-state index contributed by atoms with van der Waals surface area (Å²) in [4.78, 5) is 0. The molecule has 0 aliphatic heterocycles. The van der Waals surface area contributed by atoms with Crippen LogP contribution in [0.3, 0.4) is 0 Å². The lowest BCUT2D eigenvalue weighted by molar-refractivity contribution is 1.13. The van der Waals surface area contributed by atoms with E-state index in [2.05, 4.69) is 19.1 Å². The Morgan fingerprint density at radius 3 is 1.86 bits per heavy atom. The quantitative estimate of drug-likeness (QED) is 0.358. The molecule has 0 bridgehead atoms. The predicted octanol–water partition coefficient (Wildman–Crippen LogP) is 1.61. The third-order valence-corrected chi connectivity index (χ3v) is 0.700. The number of hydrogen-bond acceptors (Lipinski definition) is 0. The minimum absolute atomic E-state index is 0.0417. The van der Waals surface area contributed by atoms with Crippen molar-refractivity contribution in [3.05, 3.63) is 25.3 Å². The highest BCUT2D eigenvalue weighted by atomic mass is 13.9. The Kier molecular flexibility index (Phi) is 2.79. The van der Waals surface area contributed by atoms with Crippen LogP contribution in [0, 0.1) is 18.3 Å². The minimum Gasteiger partial charge on any atom is -0.119 e. The maximum atomic E-state index is 5.00. The third kappa shape index (κ3) is 1.83. The van der Waals surface area contributed by atoms with Gasteiger partial charge >= 0.3 is 0 Å². The van der Waals surface area contributed by atoms with Gasteiger partial charge in [0.2, 0.25) is 0 Å². The van der Waals surface area contributed by atoms with E-state index in [9.17, 15) is 0 Å². The van der Waals surface area contributed by atoms with Crippen molar-refractivity contribution in [2.24, 2.45) is 5.92 Å². The van der Waals surface area contributed by atoms with Gasteiger partial charge in [-0.1, -0.05) is 18.1 Å². The first-order valence-electron chi connectivity index (χ1n) is 2.06. The predicted molar refractivity (Wildman–Crippen MR) is 32.7 cm³/mol. The summed E-state index contributed by atoms with van der Waals surface area (Å²) >= 11 is 0. The topological polar surface area (TPSA) is 0 Å². The fourth-order valence-electron chi connectivity index (χ4n) is 0.232. The van der Waals surface area contributed by atoms with E-state index < -0.39 is 0 Å². The lowest BCUT2D eigenvalue weighted by Gasteiger charge is -1.88. The van der Waals surface area contributed by atoms with Gasteiger partial charge in [0.25, 0.3) is 0 Å². The molecule has 7 heavy (non-hydrogen) atoms. The Labute approximate surface area is 44.5 Å². The Morgan fingerprint density at radius 2 is 1.86 bits per heavy atom. The second kappa shape index (κ2) is 3.24. The SMILES string of the molecule is C#CC(C=C)C=C. The largest absolute Gasteiger partial charge is 0.119 e. The van der Waals surface area contributed by atoms with Crippen molar-refractivity contribution < 1.29 is 0 Å². The molecular weight excluding hydrogens is 84.1 g/mol. The zero-order valence-corrected chi connectivity index (χ0v) is 4.22. The van der Waals surface area contributed by atoms with Crippen molar-refractivity contribution in [3.8, 4) is 12.3 Å². The Bertz CT molecular complexity index is 95.7. The molecule has 0 aliphatic carbocycles. The molecule has 0 atom stereocenters. The first-order valence-corrected chi connectivity index (χ1v) is 2.06. The molecule has 36 valence electrons. The van der Waals surface area contributed by atoms with Crippen LogP contribution in [0.5, 0.6) is 0 Å². The molecule has 0 N–H and O–H groups in total. The fourth-order valence-corrected chi connectivity index (χ4v) is 0.232.